The zero-order chi connectivity index (χ0) is 21.9. The topological polar surface area (TPSA) is 73.3 Å². The monoisotopic (exact) mass is 433 g/mol. The third-order valence-electron chi connectivity index (χ3n) is 6.48. The molecule has 0 aromatic heterocycles. The molecular formula is C24H39N3O4. The molecule has 1 aromatic rings. The number of ether oxygens (including phenoxy) is 4. The lowest BCUT2D eigenvalue weighted by Crippen LogP contribution is -2.46. The Balaban J connectivity index is 1.54. The highest BCUT2D eigenvalue weighted by Crippen LogP contribution is 2.42. The number of nitrogens with zero attached hydrogens (tertiary/aromatic N) is 1. The van der Waals surface area contributed by atoms with Crippen molar-refractivity contribution >= 4 is 5.96 Å². The number of nitrogens with one attached hydrogen (secondary N) is 2. The summed E-state index contributed by atoms with van der Waals surface area (Å²) in [4.78, 5) is 4.42. The highest BCUT2D eigenvalue weighted by molar-refractivity contribution is 5.79. The second-order valence-electron chi connectivity index (χ2n) is 8.47. The summed E-state index contributed by atoms with van der Waals surface area (Å²) in [5, 5.41) is 7.01. The molecule has 2 fully saturated rings. The first-order valence-electron chi connectivity index (χ1n) is 11.6. The van der Waals surface area contributed by atoms with E-state index in [9.17, 15) is 0 Å². The smallest absolute Gasteiger partial charge is 0.191 e. The van der Waals surface area contributed by atoms with Gasteiger partial charge in [0.2, 0.25) is 0 Å². The quantitative estimate of drug-likeness (QED) is 0.335. The molecule has 31 heavy (non-hydrogen) atoms. The van der Waals surface area contributed by atoms with Crippen LogP contribution in [0.1, 0.15) is 50.5 Å². The van der Waals surface area contributed by atoms with E-state index in [1.54, 1.807) is 14.2 Å². The number of aliphatic imine (C=N–C) groups is 1. The number of rotatable bonds is 10. The van der Waals surface area contributed by atoms with E-state index in [0.29, 0.717) is 0 Å². The predicted molar refractivity (Wildman–Crippen MR) is 123 cm³/mol. The van der Waals surface area contributed by atoms with Crippen LogP contribution in [0.15, 0.2) is 23.2 Å². The van der Waals surface area contributed by atoms with Crippen molar-refractivity contribution in [2.24, 2.45) is 4.99 Å². The number of hydrogen-bond donors (Lipinski definition) is 2. The molecule has 1 heterocycles. The molecule has 1 aliphatic heterocycles. The SMILES string of the molecule is CN=C(NCCCOC1CCOC1)NCC1(c2ccc(OC)c(OC)c2)CCCCC1. The summed E-state index contributed by atoms with van der Waals surface area (Å²) >= 11 is 0. The first-order valence-corrected chi connectivity index (χ1v) is 11.6. The highest BCUT2D eigenvalue weighted by atomic mass is 16.5. The fraction of sp³-hybridized carbons (Fsp3) is 0.708. The van der Waals surface area contributed by atoms with Gasteiger partial charge in [-0.25, -0.2) is 0 Å². The molecule has 3 rings (SSSR count). The summed E-state index contributed by atoms with van der Waals surface area (Å²) in [6.45, 7) is 3.97. The van der Waals surface area contributed by atoms with Crippen molar-refractivity contribution in [1.29, 1.82) is 0 Å². The Morgan fingerprint density at radius 3 is 2.61 bits per heavy atom. The fourth-order valence-corrected chi connectivity index (χ4v) is 4.61. The molecule has 0 bridgehead atoms. The van der Waals surface area contributed by atoms with Crippen molar-refractivity contribution in [1.82, 2.24) is 10.6 Å². The van der Waals surface area contributed by atoms with Gasteiger partial charge in [-0.3, -0.25) is 4.99 Å². The van der Waals surface area contributed by atoms with Gasteiger partial charge in [-0.15, -0.1) is 0 Å². The number of benzene rings is 1. The van der Waals surface area contributed by atoms with E-state index in [-0.39, 0.29) is 11.5 Å². The average molecular weight is 434 g/mol. The normalized spacial score (nSPS) is 21.0. The van der Waals surface area contributed by atoms with E-state index in [0.717, 1.165) is 76.1 Å². The molecule has 0 spiro atoms. The molecule has 7 nitrogen and oxygen atoms in total. The van der Waals surface area contributed by atoms with Crippen molar-refractivity contribution in [3.8, 4) is 11.5 Å². The van der Waals surface area contributed by atoms with Gasteiger partial charge in [0.25, 0.3) is 0 Å². The second-order valence-corrected chi connectivity index (χ2v) is 8.47. The van der Waals surface area contributed by atoms with Gasteiger partial charge in [0.15, 0.2) is 17.5 Å². The van der Waals surface area contributed by atoms with E-state index in [1.807, 2.05) is 13.1 Å². The lowest BCUT2D eigenvalue weighted by Gasteiger charge is -2.38. The minimum Gasteiger partial charge on any atom is -0.493 e. The molecule has 1 atom stereocenters. The Morgan fingerprint density at radius 2 is 1.94 bits per heavy atom. The molecule has 1 saturated heterocycles. The Bertz CT molecular complexity index is 698. The number of methoxy groups -OCH3 is 2. The Morgan fingerprint density at radius 1 is 1.13 bits per heavy atom. The maximum absolute atomic E-state index is 5.84. The highest BCUT2D eigenvalue weighted by Gasteiger charge is 2.34. The van der Waals surface area contributed by atoms with E-state index >= 15 is 0 Å². The van der Waals surface area contributed by atoms with Crippen LogP contribution in [-0.4, -0.2) is 66.2 Å². The zero-order valence-electron chi connectivity index (χ0n) is 19.4. The van der Waals surface area contributed by atoms with Gasteiger partial charge in [0, 0.05) is 38.8 Å². The van der Waals surface area contributed by atoms with Gasteiger partial charge in [-0.1, -0.05) is 25.3 Å². The van der Waals surface area contributed by atoms with Crippen LogP contribution in [0.3, 0.4) is 0 Å². The largest absolute Gasteiger partial charge is 0.493 e. The van der Waals surface area contributed by atoms with Crippen LogP contribution in [0.25, 0.3) is 0 Å². The molecule has 2 aliphatic rings. The van der Waals surface area contributed by atoms with Gasteiger partial charge >= 0.3 is 0 Å². The van der Waals surface area contributed by atoms with Crippen molar-refractivity contribution in [3.63, 3.8) is 0 Å². The maximum Gasteiger partial charge on any atom is 0.191 e. The van der Waals surface area contributed by atoms with Crippen molar-refractivity contribution in [2.45, 2.75) is 56.5 Å². The zero-order valence-corrected chi connectivity index (χ0v) is 19.4. The van der Waals surface area contributed by atoms with Gasteiger partial charge in [0.1, 0.15) is 0 Å². The van der Waals surface area contributed by atoms with Crippen LogP contribution in [0.4, 0.5) is 0 Å². The number of guanidine groups is 1. The van der Waals surface area contributed by atoms with Crippen molar-refractivity contribution in [3.05, 3.63) is 23.8 Å². The van der Waals surface area contributed by atoms with Crippen LogP contribution in [0.2, 0.25) is 0 Å². The Kier molecular flexibility index (Phi) is 9.28. The minimum absolute atomic E-state index is 0.0704. The molecule has 0 radical (unpaired) electrons. The lowest BCUT2D eigenvalue weighted by atomic mass is 9.69. The van der Waals surface area contributed by atoms with Crippen LogP contribution in [0.5, 0.6) is 11.5 Å². The van der Waals surface area contributed by atoms with Crippen LogP contribution < -0.4 is 20.1 Å². The molecular weight excluding hydrogens is 394 g/mol. The molecule has 1 unspecified atom stereocenters. The summed E-state index contributed by atoms with van der Waals surface area (Å²) in [6, 6.07) is 6.35. The molecule has 0 amide bonds. The maximum atomic E-state index is 5.84. The molecule has 7 heteroatoms. The summed E-state index contributed by atoms with van der Waals surface area (Å²) < 4.78 is 22.2. The summed E-state index contributed by atoms with van der Waals surface area (Å²) in [5.41, 5.74) is 1.38. The Hall–Kier alpha value is -1.99. The van der Waals surface area contributed by atoms with Gasteiger partial charge in [-0.2, -0.15) is 0 Å². The Labute approximate surface area is 186 Å². The first kappa shape index (κ1) is 23.7. The fourth-order valence-electron chi connectivity index (χ4n) is 4.61. The minimum atomic E-state index is 0.0704. The average Bonchev–Trinajstić information content (AvgIpc) is 3.34. The van der Waals surface area contributed by atoms with Crippen LogP contribution in [-0.2, 0) is 14.9 Å². The molecule has 2 N–H and O–H groups in total. The van der Waals surface area contributed by atoms with E-state index in [4.69, 9.17) is 18.9 Å². The summed E-state index contributed by atoms with van der Waals surface area (Å²) in [6.07, 6.45) is 8.31. The predicted octanol–water partition coefficient (Wildman–Crippen LogP) is 3.27. The second kappa shape index (κ2) is 12.2. The van der Waals surface area contributed by atoms with Crippen molar-refractivity contribution in [2.75, 3.05) is 54.2 Å². The summed E-state index contributed by atoms with van der Waals surface area (Å²) in [7, 11) is 5.20. The van der Waals surface area contributed by atoms with E-state index in [1.165, 1.54) is 24.8 Å². The van der Waals surface area contributed by atoms with Gasteiger partial charge in [-0.05, 0) is 43.4 Å². The van der Waals surface area contributed by atoms with Gasteiger partial charge < -0.3 is 29.6 Å². The van der Waals surface area contributed by atoms with Crippen LogP contribution in [0, 0.1) is 0 Å². The molecule has 1 aliphatic carbocycles. The first-order chi connectivity index (χ1) is 15.2. The van der Waals surface area contributed by atoms with Gasteiger partial charge in [0.05, 0.1) is 26.9 Å². The molecule has 174 valence electrons. The molecule has 1 saturated carbocycles. The third kappa shape index (κ3) is 6.50. The lowest BCUT2D eigenvalue weighted by molar-refractivity contribution is 0.0420. The van der Waals surface area contributed by atoms with Crippen LogP contribution >= 0.6 is 0 Å². The summed E-state index contributed by atoms with van der Waals surface area (Å²) in [5.74, 6) is 2.41. The third-order valence-corrected chi connectivity index (χ3v) is 6.48. The van der Waals surface area contributed by atoms with Crippen molar-refractivity contribution < 1.29 is 18.9 Å². The standard InChI is InChI=1S/C24H39N3O4/c1-25-23(26-13-7-14-31-20-10-15-30-17-20)27-18-24(11-5-4-6-12-24)19-8-9-21(28-2)22(16-19)29-3/h8-9,16,20H,4-7,10-15,17-18H2,1-3H3,(H2,25,26,27). The molecule has 1 aromatic carbocycles. The van der Waals surface area contributed by atoms with E-state index < -0.39 is 0 Å². The number of hydrogen-bond acceptors (Lipinski definition) is 5. The van der Waals surface area contributed by atoms with E-state index in [2.05, 4.69) is 27.8 Å².